The van der Waals surface area contributed by atoms with E-state index in [1.807, 2.05) is 6.92 Å². The molecule has 106 valence electrons. The van der Waals surface area contributed by atoms with Gasteiger partial charge in [0.05, 0.1) is 17.1 Å². The highest BCUT2D eigenvalue weighted by molar-refractivity contribution is 8.13. The van der Waals surface area contributed by atoms with Crippen molar-refractivity contribution in [2.75, 3.05) is 6.61 Å². The van der Waals surface area contributed by atoms with E-state index < -0.39 is 15.0 Å². The monoisotopic (exact) mass is 304 g/mol. The van der Waals surface area contributed by atoms with Crippen LogP contribution in [-0.4, -0.2) is 21.0 Å². The fourth-order valence-corrected chi connectivity index (χ4v) is 2.87. The molecule has 0 aliphatic rings. The Bertz CT molecular complexity index is 579. The summed E-state index contributed by atoms with van der Waals surface area (Å²) >= 11 is 0. The first-order valence-electron chi connectivity index (χ1n) is 6.00. The van der Waals surface area contributed by atoms with Gasteiger partial charge in [-0.3, -0.25) is 0 Å². The molecule has 1 rings (SSSR count). The average Bonchev–Trinajstić information content (AvgIpc) is 2.31. The lowest BCUT2D eigenvalue weighted by molar-refractivity contribution is 0.0499. The van der Waals surface area contributed by atoms with Crippen molar-refractivity contribution in [1.82, 2.24) is 0 Å². The van der Waals surface area contributed by atoms with Gasteiger partial charge in [-0.2, -0.15) is 0 Å². The molecule has 6 heteroatoms. The van der Waals surface area contributed by atoms with Gasteiger partial charge in [0.2, 0.25) is 0 Å². The minimum atomic E-state index is -3.87. The molecule has 19 heavy (non-hydrogen) atoms. The quantitative estimate of drug-likeness (QED) is 0.476. The number of rotatable bonds is 5. The molecule has 0 unspecified atom stereocenters. The van der Waals surface area contributed by atoms with Crippen molar-refractivity contribution in [2.24, 2.45) is 0 Å². The van der Waals surface area contributed by atoms with Crippen LogP contribution in [0.3, 0.4) is 0 Å². The van der Waals surface area contributed by atoms with Gasteiger partial charge in [0, 0.05) is 10.7 Å². The normalized spacial score (nSPS) is 11.4. The number of hydrogen-bond acceptors (Lipinski definition) is 4. The summed E-state index contributed by atoms with van der Waals surface area (Å²) in [5.41, 5.74) is 1.43. The maximum absolute atomic E-state index is 11.8. The van der Waals surface area contributed by atoms with Crippen molar-refractivity contribution in [1.29, 1.82) is 0 Å². The molecule has 0 bridgehead atoms. The number of halogens is 1. The molecule has 0 aliphatic carbocycles. The van der Waals surface area contributed by atoms with Crippen molar-refractivity contribution >= 4 is 25.7 Å². The molecule has 4 nitrogen and oxygen atoms in total. The molecule has 0 aromatic heterocycles. The molecule has 0 fully saturated rings. The van der Waals surface area contributed by atoms with Crippen molar-refractivity contribution < 1.29 is 17.9 Å². The summed E-state index contributed by atoms with van der Waals surface area (Å²) in [7, 11) is 1.49. The largest absolute Gasteiger partial charge is 0.462 e. The van der Waals surface area contributed by atoms with Crippen LogP contribution in [0.15, 0.2) is 17.0 Å². The van der Waals surface area contributed by atoms with E-state index in [9.17, 15) is 13.2 Å². The van der Waals surface area contributed by atoms with Crippen LogP contribution in [0.25, 0.3) is 0 Å². The van der Waals surface area contributed by atoms with Crippen LogP contribution in [0.4, 0.5) is 0 Å². The van der Waals surface area contributed by atoms with Crippen LogP contribution in [0.2, 0.25) is 0 Å². The van der Waals surface area contributed by atoms with Gasteiger partial charge in [-0.05, 0) is 43.5 Å². The molecule has 0 atom stereocenters. The molecule has 0 radical (unpaired) electrons. The Hall–Kier alpha value is -1.07. The van der Waals surface area contributed by atoms with Crippen molar-refractivity contribution in [3.8, 4) is 0 Å². The van der Waals surface area contributed by atoms with Gasteiger partial charge in [-0.15, -0.1) is 0 Å². The highest BCUT2D eigenvalue weighted by Gasteiger charge is 2.19. The Balaban J connectivity index is 3.11. The van der Waals surface area contributed by atoms with Gasteiger partial charge in [-0.1, -0.05) is 13.3 Å². The van der Waals surface area contributed by atoms with Gasteiger partial charge in [-0.25, -0.2) is 13.2 Å². The number of carbonyl (C=O) groups excluding carboxylic acids is 1. The number of unbranched alkanes of at least 4 members (excludes halogenated alkanes) is 1. The first kappa shape index (κ1) is 16.0. The van der Waals surface area contributed by atoms with Crippen LogP contribution < -0.4 is 0 Å². The second kappa shape index (κ2) is 6.39. The third-order valence-electron chi connectivity index (χ3n) is 2.85. The lowest BCUT2D eigenvalue weighted by atomic mass is 10.1. The molecule has 0 saturated heterocycles. The van der Waals surface area contributed by atoms with Gasteiger partial charge in [0.25, 0.3) is 9.05 Å². The fourth-order valence-electron chi connectivity index (χ4n) is 1.59. The first-order chi connectivity index (χ1) is 8.77. The number of benzene rings is 1. The topological polar surface area (TPSA) is 60.4 Å². The number of aryl methyl sites for hydroxylation is 1. The van der Waals surface area contributed by atoms with E-state index in [0.717, 1.165) is 12.8 Å². The molecular formula is C13H17ClO4S. The summed E-state index contributed by atoms with van der Waals surface area (Å²) < 4.78 is 28.0. The lowest BCUT2D eigenvalue weighted by Crippen LogP contribution is -2.09. The summed E-state index contributed by atoms with van der Waals surface area (Å²) in [6.07, 6.45) is 1.69. The smallest absolute Gasteiger partial charge is 0.338 e. The van der Waals surface area contributed by atoms with Gasteiger partial charge in [0.1, 0.15) is 0 Å². The molecule has 1 aromatic rings. The van der Waals surface area contributed by atoms with Crippen molar-refractivity contribution in [2.45, 2.75) is 38.5 Å². The highest BCUT2D eigenvalue weighted by Crippen LogP contribution is 2.24. The lowest BCUT2D eigenvalue weighted by Gasteiger charge is -2.10. The Morgan fingerprint density at radius 2 is 1.95 bits per heavy atom. The standard InChI is InChI=1S/C13H17ClO4S/c1-4-5-6-18-13(15)11-7-9(2)10(3)12(8-11)19(14,16)17/h7-8H,4-6H2,1-3H3. The molecule has 0 amide bonds. The molecule has 1 aromatic carbocycles. The summed E-state index contributed by atoms with van der Waals surface area (Å²) in [6.45, 7) is 5.69. The Morgan fingerprint density at radius 3 is 2.47 bits per heavy atom. The van der Waals surface area contributed by atoms with Crippen LogP contribution >= 0.6 is 10.7 Å². The maximum Gasteiger partial charge on any atom is 0.338 e. The third-order valence-corrected chi connectivity index (χ3v) is 4.30. The zero-order chi connectivity index (χ0) is 14.6. The van der Waals surface area contributed by atoms with Crippen LogP contribution in [0.5, 0.6) is 0 Å². The predicted octanol–water partition coefficient (Wildman–Crippen LogP) is 3.19. The second-order valence-corrected chi connectivity index (χ2v) is 6.88. The SMILES string of the molecule is CCCCOC(=O)c1cc(C)c(C)c(S(=O)(=O)Cl)c1. The Morgan fingerprint density at radius 1 is 1.32 bits per heavy atom. The number of carbonyl (C=O) groups is 1. The Labute approximate surface area is 118 Å². The minimum absolute atomic E-state index is 0.0448. The molecule has 0 heterocycles. The van der Waals surface area contributed by atoms with Gasteiger partial charge >= 0.3 is 5.97 Å². The molecule has 0 spiro atoms. The molecule has 0 saturated carbocycles. The number of esters is 1. The summed E-state index contributed by atoms with van der Waals surface area (Å²) in [5.74, 6) is -0.530. The van der Waals surface area contributed by atoms with E-state index in [1.54, 1.807) is 19.9 Å². The van der Waals surface area contributed by atoms with E-state index in [1.165, 1.54) is 6.07 Å². The van der Waals surface area contributed by atoms with E-state index in [2.05, 4.69) is 0 Å². The van der Waals surface area contributed by atoms with Crippen LogP contribution in [0.1, 0.15) is 41.3 Å². The summed E-state index contributed by atoms with van der Waals surface area (Å²) in [4.78, 5) is 11.8. The zero-order valence-electron chi connectivity index (χ0n) is 11.2. The van der Waals surface area contributed by atoms with Crippen molar-refractivity contribution in [3.63, 3.8) is 0 Å². The second-order valence-electron chi connectivity index (χ2n) is 4.34. The van der Waals surface area contributed by atoms with E-state index in [4.69, 9.17) is 15.4 Å². The number of hydrogen-bond donors (Lipinski definition) is 0. The van der Waals surface area contributed by atoms with Crippen molar-refractivity contribution in [3.05, 3.63) is 28.8 Å². The molecule has 0 aliphatic heterocycles. The first-order valence-corrected chi connectivity index (χ1v) is 8.31. The van der Waals surface area contributed by atoms with E-state index in [-0.39, 0.29) is 10.5 Å². The molecular weight excluding hydrogens is 288 g/mol. The summed E-state index contributed by atoms with van der Waals surface area (Å²) in [6, 6.07) is 2.87. The van der Waals surface area contributed by atoms with E-state index in [0.29, 0.717) is 17.7 Å². The zero-order valence-corrected chi connectivity index (χ0v) is 12.8. The fraction of sp³-hybridized carbons (Fsp3) is 0.462. The predicted molar refractivity (Wildman–Crippen MR) is 74.1 cm³/mol. The number of ether oxygens (including phenoxy) is 1. The van der Waals surface area contributed by atoms with Crippen LogP contribution in [-0.2, 0) is 13.8 Å². The van der Waals surface area contributed by atoms with Gasteiger partial charge < -0.3 is 4.74 Å². The van der Waals surface area contributed by atoms with E-state index >= 15 is 0 Å². The Kier molecular flexibility index (Phi) is 5.38. The minimum Gasteiger partial charge on any atom is -0.462 e. The molecule has 0 N–H and O–H groups in total. The third kappa shape index (κ3) is 4.21. The van der Waals surface area contributed by atoms with Gasteiger partial charge in [0.15, 0.2) is 0 Å². The average molecular weight is 305 g/mol. The van der Waals surface area contributed by atoms with Crippen LogP contribution in [0, 0.1) is 13.8 Å². The maximum atomic E-state index is 11.8. The summed E-state index contributed by atoms with van der Waals surface area (Å²) in [5, 5.41) is 0. The highest BCUT2D eigenvalue weighted by atomic mass is 35.7.